The highest BCUT2D eigenvalue weighted by atomic mass is 32.1. The maximum absolute atomic E-state index is 12.1. The number of thiocarbonyl (C=S) groups is 1. The Hall–Kier alpha value is -3.33. The Morgan fingerprint density at radius 3 is 2.59 bits per heavy atom. The zero-order valence-electron chi connectivity index (χ0n) is 14.9. The number of nitrogens with one attached hydrogen (secondary N) is 2. The molecule has 1 amide bonds. The molecule has 0 unspecified atom stereocenters. The van der Waals surface area contributed by atoms with E-state index in [9.17, 15) is 4.79 Å². The maximum Gasteiger partial charge on any atom is 0.262 e. The van der Waals surface area contributed by atoms with Crippen molar-refractivity contribution in [2.45, 2.75) is 0 Å². The van der Waals surface area contributed by atoms with Gasteiger partial charge in [0.25, 0.3) is 5.91 Å². The summed E-state index contributed by atoms with van der Waals surface area (Å²) in [7, 11) is 3.04. The molecule has 0 saturated heterocycles. The molecular weight excluding hydrogens is 368 g/mol. The quantitative estimate of drug-likeness (QED) is 0.360. The zero-order valence-corrected chi connectivity index (χ0v) is 15.7. The molecule has 4 N–H and O–H groups in total. The van der Waals surface area contributed by atoms with E-state index in [1.54, 1.807) is 36.4 Å². The molecule has 0 saturated carbocycles. The molecule has 0 radical (unpaired) electrons. The van der Waals surface area contributed by atoms with Gasteiger partial charge in [0.15, 0.2) is 23.2 Å². The van der Waals surface area contributed by atoms with Crippen molar-refractivity contribution < 1.29 is 19.0 Å². The monoisotopic (exact) mass is 388 g/mol. The average Bonchev–Trinajstić information content (AvgIpc) is 2.67. The normalized spacial score (nSPS) is 10.3. The van der Waals surface area contributed by atoms with Crippen molar-refractivity contribution in [3.05, 3.63) is 48.0 Å². The number of benzene rings is 2. The fraction of sp³-hybridized carbons (Fsp3) is 0.167. The van der Waals surface area contributed by atoms with Crippen molar-refractivity contribution in [3.8, 4) is 17.2 Å². The van der Waals surface area contributed by atoms with Crippen molar-refractivity contribution in [3.63, 3.8) is 0 Å². The lowest BCUT2D eigenvalue weighted by Gasteiger charge is -2.12. The molecule has 2 rings (SSSR count). The molecule has 142 valence electrons. The van der Waals surface area contributed by atoms with Crippen LogP contribution in [-0.2, 0) is 4.79 Å². The number of nitrogens with two attached hydrogens (primary N) is 1. The summed E-state index contributed by atoms with van der Waals surface area (Å²) in [4.78, 5) is 12.1. The number of ether oxygens (including phenoxy) is 3. The Kier molecular flexibility index (Phi) is 7.38. The van der Waals surface area contributed by atoms with Crippen LogP contribution in [0.4, 0.5) is 5.69 Å². The van der Waals surface area contributed by atoms with Crippen LogP contribution in [0.25, 0.3) is 0 Å². The third-order valence-electron chi connectivity index (χ3n) is 3.32. The molecule has 0 aliphatic heterocycles. The van der Waals surface area contributed by atoms with Crippen LogP contribution in [0, 0.1) is 0 Å². The summed E-state index contributed by atoms with van der Waals surface area (Å²) in [5, 5.41) is 6.67. The molecule has 0 bridgehead atoms. The van der Waals surface area contributed by atoms with Crippen molar-refractivity contribution in [1.82, 2.24) is 5.43 Å². The predicted molar refractivity (Wildman–Crippen MR) is 108 cm³/mol. The number of anilines is 1. The Bertz CT molecular complexity index is 842. The minimum absolute atomic E-state index is 0.0687. The lowest BCUT2D eigenvalue weighted by atomic mass is 10.2. The van der Waals surface area contributed by atoms with Gasteiger partial charge in [-0.2, -0.15) is 5.10 Å². The third-order valence-corrected chi connectivity index (χ3v) is 3.41. The van der Waals surface area contributed by atoms with E-state index in [4.69, 9.17) is 19.9 Å². The molecule has 0 aliphatic rings. The summed E-state index contributed by atoms with van der Waals surface area (Å²) >= 11 is 4.66. The van der Waals surface area contributed by atoms with E-state index >= 15 is 0 Å². The second-order valence-corrected chi connectivity index (χ2v) is 5.62. The number of para-hydroxylation sites is 2. The van der Waals surface area contributed by atoms with Crippen LogP contribution in [0.5, 0.6) is 17.2 Å². The lowest BCUT2D eigenvalue weighted by Crippen LogP contribution is -2.24. The summed E-state index contributed by atoms with van der Waals surface area (Å²) in [5.74, 6) is 1.12. The zero-order chi connectivity index (χ0) is 19.6. The molecule has 0 fully saturated rings. The first-order valence-electron chi connectivity index (χ1n) is 7.85. The number of nitrogens with zero attached hydrogens (tertiary/aromatic N) is 1. The summed E-state index contributed by atoms with van der Waals surface area (Å²) in [5.41, 5.74) is 9.06. The first-order chi connectivity index (χ1) is 13.0. The van der Waals surface area contributed by atoms with Gasteiger partial charge in [-0.15, -0.1) is 0 Å². The van der Waals surface area contributed by atoms with Gasteiger partial charge < -0.3 is 25.3 Å². The van der Waals surface area contributed by atoms with Crippen molar-refractivity contribution >= 4 is 35.1 Å². The van der Waals surface area contributed by atoms with Gasteiger partial charge in [-0.05, 0) is 48.1 Å². The molecule has 0 heterocycles. The van der Waals surface area contributed by atoms with E-state index in [0.717, 1.165) is 5.56 Å². The lowest BCUT2D eigenvalue weighted by molar-refractivity contribution is -0.118. The Labute approximate surface area is 162 Å². The number of methoxy groups -OCH3 is 2. The van der Waals surface area contributed by atoms with Crippen LogP contribution < -0.4 is 30.7 Å². The van der Waals surface area contributed by atoms with Gasteiger partial charge in [-0.1, -0.05) is 12.1 Å². The van der Waals surface area contributed by atoms with Crippen LogP contribution in [0.2, 0.25) is 0 Å². The van der Waals surface area contributed by atoms with Gasteiger partial charge in [0.1, 0.15) is 5.75 Å². The van der Waals surface area contributed by atoms with Gasteiger partial charge >= 0.3 is 0 Å². The molecule has 27 heavy (non-hydrogen) atoms. The average molecular weight is 388 g/mol. The number of carbonyl (C=O) groups excluding carboxylic acids is 1. The number of amides is 1. The van der Waals surface area contributed by atoms with Crippen LogP contribution in [0.15, 0.2) is 47.6 Å². The second kappa shape index (κ2) is 9.97. The SMILES string of the molecule is COc1ccccc1NC(=O)COc1ccc(/C=N/NC(N)=S)cc1OC. The molecule has 2 aromatic rings. The summed E-state index contributed by atoms with van der Waals surface area (Å²) in [6, 6.07) is 12.3. The van der Waals surface area contributed by atoms with Gasteiger partial charge in [-0.3, -0.25) is 10.2 Å². The fourth-order valence-electron chi connectivity index (χ4n) is 2.13. The van der Waals surface area contributed by atoms with E-state index < -0.39 is 0 Å². The molecule has 9 heteroatoms. The molecule has 0 atom stereocenters. The third kappa shape index (κ3) is 6.15. The maximum atomic E-state index is 12.1. The van der Waals surface area contributed by atoms with Gasteiger partial charge in [0.2, 0.25) is 0 Å². The highest BCUT2D eigenvalue weighted by Crippen LogP contribution is 2.28. The fourth-order valence-corrected chi connectivity index (χ4v) is 2.18. The Balaban J connectivity index is 1.99. The van der Waals surface area contributed by atoms with Crippen LogP contribution in [0.1, 0.15) is 5.56 Å². The smallest absolute Gasteiger partial charge is 0.262 e. The highest BCUT2D eigenvalue weighted by molar-refractivity contribution is 7.80. The molecular formula is C18H20N4O4S. The molecule has 8 nitrogen and oxygen atoms in total. The van der Waals surface area contributed by atoms with Crippen LogP contribution >= 0.6 is 12.2 Å². The topological polar surface area (TPSA) is 107 Å². The van der Waals surface area contributed by atoms with Crippen molar-refractivity contribution in [2.75, 3.05) is 26.1 Å². The number of rotatable bonds is 8. The minimum atomic E-state index is -0.326. The van der Waals surface area contributed by atoms with E-state index in [1.807, 2.05) is 6.07 Å². The summed E-state index contributed by atoms with van der Waals surface area (Å²) < 4.78 is 16.0. The van der Waals surface area contributed by atoms with E-state index in [2.05, 4.69) is 28.1 Å². The molecule has 0 aromatic heterocycles. The second-order valence-electron chi connectivity index (χ2n) is 5.18. The highest BCUT2D eigenvalue weighted by Gasteiger charge is 2.10. The molecule has 0 spiro atoms. The molecule has 2 aromatic carbocycles. The number of carbonyl (C=O) groups is 1. The van der Waals surface area contributed by atoms with Crippen LogP contribution in [0.3, 0.4) is 0 Å². The van der Waals surface area contributed by atoms with Crippen LogP contribution in [-0.4, -0.2) is 38.1 Å². The van der Waals surface area contributed by atoms with Crippen molar-refractivity contribution in [1.29, 1.82) is 0 Å². The van der Waals surface area contributed by atoms with Gasteiger partial charge in [0, 0.05) is 0 Å². The first kappa shape index (κ1) is 20.0. The first-order valence-corrected chi connectivity index (χ1v) is 8.26. The number of hydrogen-bond donors (Lipinski definition) is 3. The summed E-state index contributed by atoms with van der Waals surface area (Å²) in [6.07, 6.45) is 1.53. The summed E-state index contributed by atoms with van der Waals surface area (Å²) in [6.45, 7) is -0.190. The van der Waals surface area contributed by atoms with E-state index in [1.165, 1.54) is 20.4 Å². The Morgan fingerprint density at radius 1 is 1.15 bits per heavy atom. The number of hydrogen-bond acceptors (Lipinski definition) is 6. The Morgan fingerprint density at radius 2 is 1.89 bits per heavy atom. The van der Waals surface area contributed by atoms with Gasteiger partial charge in [-0.25, -0.2) is 0 Å². The largest absolute Gasteiger partial charge is 0.495 e. The van der Waals surface area contributed by atoms with E-state index in [0.29, 0.717) is 22.9 Å². The van der Waals surface area contributed by atoms with E-state index in [-0.39, 0.29) is 17.6 Å². The van der Waals surface area contributed by atoms with Crippen molar-refractivity contribution in [2.24, 2.45) is 10.8 Å². The molecule has 0 aliphatic carbocycles. The standard InChI is InChI=1S/C18H20N4O4S/c1-24-14-6-4-3-5-13(14)21-17(23)11-26-15-8-7-12(9-16(15)25-2)10-20-22-18(19)27/h3-10H,11H2,1-2H3,(H,21,23)(H3,19,22,27)/b20-10+. The van der Waals surface area contributed by atoms with Gasteiger partial charge in [0.05, 0.1) is 26.1 Å². The predicted octanol–water partition coefficient (Wildman–Crippen LogP) is 1.89. The minimum Gasteiger partial charge on any atom is -0.495 e. The number of hydrazone groups is 1.